The number of amides is 2. The number of aryl methyl sites for hydroxylation is 1. The van der Waals surface area contributed by atoms with Crippen LogP contribution in [0.2, 0.25) is 10.0 Å². The Labute approximate surface area is 211 Å². The maximum absolute atomic E-state index is 13.1. The zero-order chi connectivity index (χ0) is 23.8. The molecule has 10 heteroatoms. The van der Waals surface area contributed by atoms with E-state index in [9.17, 15) is 9.59 Å². The molecule has 2 amide bonds. The van der Waals surface area contributed by atoms with Crippen molar-refractivity contribution in [3.05, 3.63) is 69.3 Å². The Hall–Kier alpha value is -2.81. The lowest BCUT2D eigenvalue weighted by atomic mass is 9.88. The number of aromatic nitrogens is 2. The molecule has 2 N–H and O–H groups in total. The molecule has 34 heavy (non-hydrogen) atoms. The highest BCUT2D eigenvalue weighted by Crippen LogP contribution is 2.39. The van der Waals surface area contributed by atoms with Gasteiger partial charge in [0.05, 0.1) is 27.2 Å². The number of anilines is 3. The van der Waals surface area contributed by atoms with Crippen LogP contribution in [0.5, 0.6) is 0 Å². The van der Waals surface area contributed by atoms with Crippen LogP contribution in [0.15, 0.2) is 47.6 Å². The van der Waals surface area contributed by atoms with Gasteiger partial charge in [0, 0.05) is 24.8 Å². The van der Waals surface area contributed by atoms with E-state index in [2.05, 4.69) is 32.7 Å². The number of thioether (sulfide) groups is 1. The summed E-state index contributed by atoms with van der Waals surface area (Å²) in [5.41, 5.74) is 4.24. The van der Waals surface area contributed by atoms with Gasteiger partial charge in [-0.2, -0.15) is 0 Å². The summed E-state index contributed by atoms with van der Waals surface area (Å²) >= 11 is 14.0. The van der Waals surface area contributed by atoms with E-state index in [0.717, 1.165) is 24.9 Å². The van der Waals surface area contributed by atoms with Crippen molar-refractivity contribution in [3.8, 4) is 0 Å². The van der Waals surface area contributed by atoms with Gasteiger partial charge in [-0.1, -0.05) is 47.1 Å². The summed E-state index contributed by atoms with van der Waals surface area (Å²) in [5, 5.41) is 7.69. The maximum Gasteiger partial charge on any atom is 0.263 e. The third-order valence-corrected chi connectivity index (χ3v) is 7.45. The molecule has 1 atom stereocenters. The van der Waals surface area contributed by atoms with E-state index in [-0.39, 0.29) is 17.9 Å². The molecule has 7 nitrogen and oxygen atoms in total. The van der Waals surface area contributed by atoms with Crippen LogP contribution in [0.25, 0.3) is 0 Å². The fraction of sp³-hybridized carbons (Fsp3) is 0.250. The third kappa shape index (κ3) is 4.58. The van der Waals surface area contributed by atoms with Gasteiger partial charge in [0.15, 0.2) is 0 Å². The molecular formula is C24H21Cl2N5O2S. The molecule has 0 fully saturated rings. The van der Waals surface area contributed by atoms with Crippen molar-refractivity contribution in [1.82, 2.24) is 15.3 Å². The van der Waals surface area contributed by atoms with Crippen LogP contribution in [0.4, 0.5) is 17.3 Å². The highest BCUT2D eigenvalue weighted by atomic mass is 35.5. The molecule has 174 valence electrons. The Balaban J connectivity index is 1.35. The molecular weight excluding hydrogens is 493 g/mol. The lowest BCUT2D eigenvalue weighted by Crippen LogP contribution is -2.37. The fourth-order valence-electron chi connectivity index (χ4n) is 4.30. The smallest absolute Gasteiger partial charge is 0.263 e. The topological polar surface area (TPSA) is 87.2 Å². The Morgan fingerprint density at radius 1 is 1.18 bits per heavy atom. The number of hydrogen-bond acceptors (Lipinski definition) is 6. The van der Waals surface area contributed by atoms with Crippen molar-refractivity contribution in [3.63, 3.8) is 0 Å². The lowest BCUT2D eigenvalue weighted by Gasteiger charge is -2.28. The molecule has 0 saturated heterocycles. The van der Waals surface area contributed by atoms with E-state index < -0.39 is 0 Å². The number of nitrogens with zero attached hydrogens (tertiary/aromatic N) is 3. The number of halogens is 2. The number of rotatable bonds is 4. The van der Waals surface area contributed by atoms with E-state index in [0.29, 0.717) is 38.1 Å². The molecule has 1 aromatic heterocycles. The summed E-state index contributed by atoms with van der Waals surface area (Å²) in [6.45, 7) is 1.55. The molecule has 0 radical (unpaired) electrons. The second-order valence-corrected chi connectivity index (χ2v) is 9.99. The predicted molar refractivity (Wildman–Crippen MR) is 135 cm³/mol. The number of para-hydroxylation sites is 1. The van der Waals surface area contributed by atoms with Gasteiger partial charge in [-0.05, 0) is 54.7 Å². The normalized spacial score (nSPS) is 17.1. The predicted octanol–water partition coefficient (Wildman–Crippen LogP) is 5.23. The zero-order valence-corrected chi connectivity index (χ0v) is 20.6. The van der Waals surface area contributed by atoms with Gasteiger partial charge in [0.1, 0.15) is 5.03 Å². The highest BCUT2D eigenvalue weighted by molar-refractivity contribution is 7.99. The highest BCUT2D eigenvalue weighted by Gasteiger charge is 2.30. The fourth-order valence-corrected chi connectivity index (χ4v) is 5.85. The van der Waals surface area contributed by atoms with Gasteiger partial charge in [0.25, 0.3) is 5.91 Å². The minimum atomic E-state index is -0.243. The van der Waals surface area contributed by atoms with Crippen molar-refractivity contribution in [2.45, 2.75) is 37.3 Å². The number of carbonyl (C=O) groups excluding carboxylic acids is 2. The van der Waals surface area contributed by atoms with Crippen molar-refractivity contribution < 1.29 is 9.59 Å². The molecule has 0 bridgehead atoms. The van der Waals surface area contributed by atoms with Gasteiger partial charge in [0.2, 0.25) is 11.9 Å². The first-order valence-corrected chi connectivity index (χ1v) is 12.5. The maximum atomic E-state index is 13.1. The quantitative estimate of drug-likeness (QED) is 0.464. The minimum Gasteiger partial charge on any atom is -0.353 e. The molecule has 5 rings (SSSR count). The van der Waals surface area contributed by atoms with Gasteiger partial charge < -0.3 is 10.6 Å². The first kappa shape index (κ1) is 23.0. The summed E-state index contributed by atoms with van der Waals surface area (Å²) in [7, 11) is 0. The molecule has 0 saturated carbocycles. The lowest BCUT2D eigenvalue weighted by molar-refractivity contribution is -0.119. The number of carbonyl (C=O) groups is 2. The molecule has 0 spiro atoms. The van der Waals surface area contributed by atoms with Crippen molar-refractivity contribution in [1.29, 1.82) is 0 Å². The summed E-state index contributed by atoms with van der Waals surface area (Å²) in [5.74, 6) is 0.507. The number of nitrogens with one attached hydrogen (secondary N) is 2. The SMILES string of the molecule is CC(=O)NC1CCc2ccc(Nc3ncc4c(n3)SCN(c3c(Cl)cccc3Cl)C4=O)cc2C1. The summed E-state index contributed by atoms with van der Waals surface area (Å²) in [4.78, 5) is 35.0. The standard InChI is InChI=1S/C24H21Cl2N5O2S/c1-13(32)28-16-7-5-14-6-8-17(10-15(14)9-16)29-24-27-11-18-22(30-24)34-12-31(23(18)33)21-19(25)3-2-4-20(21)26/h2-4,6,8,10-11,16H,5,7,9,12H2,1H3,(H,28,32)(H,27,29,30). The van der Waals surface area contributed by atoms with Gasteiger partial charge in [-0.3, -0.25) is 14.5 Å². The molecule has 1 unspecified atom stereocenters. The van der Waals surface area contributed by atoms with Gasteiger partial charge >= 0.3 is 0 Å². The molecule has 1 aliphatic heterocycles. The molecule has 2 heterocycles. The zero-order valence-electron chi connectivity index (χ0n) is 18.3. The van der Waals surface area contributed by atoms with E-state index in [1.807, 2.05) is 6.07 Å². The van der Waals surface area contributed by atoms with Crippen LogP contribution in [0, 0.1) is 0 Å². The Morgan fingerprint density at radius 3 is 2.74 bits per heavy atom. The third-order valence-electron chi connectivity index (χ3n) is 5.87. The van der Waals surface area contributed by atoms with Crippen LogP contribution < -0.4 is 15.5 Å². The summed E-state index contributed by atoms with van der Waals surface area (Å²) in [6, 6.07) is 11.5. The van der Waals surface area contributed by atoms with Gasteiger partial charge in [-0.25, -0.2) is 9.97 Å². The van der Waals surface area contributed by atoms with Crippen LogP contribution in [0.1, 0.15) is 34.8 Å². The van der Waals surface area contributed by atoms with E-state index >= 15 is 0 Å². The second kappa shape index (κ2) is 9.44. The Morgan fingerprint density at radius 2 is 1.97 bits per heavy atom. The summed E-state index contributed by atoms with van der Waals surface area (Å²) in [6.07, 6.45) is 4.19. The number of hydrogen-bond donors (Lipinski definition) is 2. The molecule has 1 aliphatic carbocycles. The van der Waals surface area contributed by atoms with Gasteiger partial charge in [-0.15, -0.1) is 0 Å². The van der Waals surface area contributed by atoms with Crippen LogP contribution >= 0.6 is 35.0 Å². The molecule has 3 aromatic rings. The number of benzene rings is 2. The van der Waals surface area contributed by atoms with Crippen molar-refractivity contribution in [2.24, 2.45) is 0 Å². The van der Waals surface area contributed by atoms with E-state index in [1.165, 1.54) is 29.1 Å². The van der Waals surface area contributed by atoms with E-state index in [4.69, 9.17) is 23.2 Å². The second-order valence-electron chi connectivity index (χ2n) is 8.24. The van der Waals surface area contributed by atoms with Crippen LogP contribution in [0.3, 0.4) is 0 Å². The first-order chi connectivity index (χ1) is 16.4. The van der Waals surface area contributed by atoms with Crippen LogP contribution in [-0.2, 0) is 17.6 Å². The molecule has 2 aliphatic rings. The van der Waals surface area contributed by atoms with Crippen molar-refractivity contribution in [2.75, 3.05) is 16.1 Å². The number of fused-ring (bicyclic) bond motifs is 2. The molecule has 2 aromatic carbocycles. The largest absolute Gasteiger partial charge is 0.353 e. The average Bonchev–Trinajstić information content (AvgIpc) is 2.80. The average molecular weight is 514 g/mol. The van der Waals surface area contributed by atoms with Crippen molar-refractivity contribution >= 4 is 64.1 Å². The Bertz CT molecular complexity index is 1280. The van der Waals surface area contributed by atoms with E-state index in [1.54, 1.807) is 30.0 Å². The summed E-state index contributed by atoms with van der Waals surface area (Å²) < 4.78 is 0. The Kier molecular flexibility index (Phi) is 6.38. The monoisotopic (exact) mass is 513 g/mol. The van der Waals surface area contributed by atoms with Crippen LogP contribution in [-0.4, -0.2) is 33.7 Å². The minimum absolute atomic E-state index is 0.00684. The first-order valence-electron chi connectivity index (χ1n) is 10.8.